The zero-order chi connectivity index (χ0) is 18.8. The van der Waals surface area contributed by atoms with Gasteiger partial charge in [-0.1, -0.05) is 23.7 Å². The monoisotopic (exact) mass is 373 g/mol. The highest BCUT2D eigenvalue weighted by Gasteiger charge is 2.27. The third-order valence-corrected chi connectivity index (χ3v) is 4.33. The van der Waals surface area contributed by atoms with E-state index in [2.05, 4.69) is 5.32 Å². The molecule has 3 rings (SSSR count). The van der Waals surface area contributed by atoms with Gasteiger partial charge in [-0.3, -0.25) is 9.59 Å². The minimum atomic E-state index is -0.381. The lowest BCUT2D eigenvalue weighted by Gasteiger charge is -2.13. The van der Waals surface area contributed by atoms with Crippen LogP contribution in [0.2, 0.25) is 5.02 Å². The van der Waals surface area contributed by atoms with Crippen LogP contribution < -0.4 is 19.5 Å². The fraction of sp³-hybridized carbons (Fsp3) is 0.158. The summed E-state index contributed by atoms with van der Waals surface area (Å²) in [4.78, 5) is 25.0. The normalized spacial score (nSPS) is 14.0. The summed E-state index contributed by atoms with van der Waals surface area (Å²) < 4.78 is 15.8. The Morgan fingerprint density at radius 1 is 1.08 bits per heavy atom. The highest BCUT2D eigenvalue weighted by molar-refractivity contribution is 6.41. The molecule has 1 amide bonds. The van der Waals surface area contributed by atoms with Crippen LogP contribution in [-0.2, 0) is 4.79 Å². The number of ether oxygens (including phenoxy) is 3. The molecule has 0 saturated heterocycles. The first-order valence-electron chi connectivity index (χ1n) is 7.66. The van der Waals surface area contributed by atoms with Crippen molar-refractivity contribution in [3.05, 3.63) is 52.6 Å². The lowest BCUT2D eigenvalue weighted by molar-refractivity contribution is -0.110. The van der Waals surface area contributed by atoms with E-state index in [1.54, 1.807) is 18.2 Å². The third kappa shape index (κ3) is 2.99. The van der Waals surface area contributed by atoms with Crippen molar-refractivity contribution in [2.75, 3.05) is 26.6 Å². The molecular weight excluding hydrogens is 358 g/mol. The van der Waals surface area contributed by atoms with E-state index in [0.717, 1.165) is 0 Å². The smallest absolute Gasteiger partial charge is 0.256 e. The topological polar surface area (TPSA) is 73.9 Å². The van der Waals surface area contributed by atoms with Gasteiger partial charge in [-0.05, 0) is 24.3 Å². The van der Waals surface area contributed by atoms with Crippen molar-refractivity contribution in [2.24, 2.45) is 0 Å². The Morgan fingerprint density at radius 2 is 1.73 bits per heavy atom. The number of anilines is 1. The Bertz CT molecular complexity index is 911. The molecule has 2 aromatic rings. The van der Waals surface area contributed by atoms with Crippen molar-refractivity contribution in [3.63, 3.8) is 0 Å². The summed E-state index contributed by atoms with van der Waals surface area (Å²) in [6.07, 6.45) is 1.28. The Labute approximate surface area is 155 Å². The second-order valence-electron chi connectivity index (χ2n) is 5.45. The van der Waals surface area contributed by atoms with E-state index in [-0.39, 0.29) is 17.3 Å². The maximum absolute atomic E-state index is 12.7. The standard InChI is InChI=1S/C19H16ClNO5/c1-24-15-7-10(8-16(25-2)18(15)26-3)14(22)9-12-11-5-4-6-13(20)17(11)21-19(12)23/h4-9H,1-3H3,(H,21,23)/b12-9-. The van der Waals surface area contributed by atoms with Gasteiger partial charge in [-0.2, -0.15) is 0 Å². The highest BCUT2D eigenvalue weighted by Crippen LogP contribution is 2.40. The molecule has 0 aliphatic carbocycles. The van der Waals surface area contributed by atoms with Crippen molar-refractivity contribution in [1.29, 1.82) is 0 Å². The molecule has 0 bridgehead atoms. The summed E-state index contributed by atoms with van der Waals surface area (Å²) in [6.45, 7) is 0. The molecule has 0 atom stereocenters. The van der Waals surface area contributed by atoms with Crippen LogP contribution in [0.15, 0.2) is 36.4 Å². The van der Waals surface area contributed by atoms with E-state index < -0.39 is 0 Å². The molecule has 1 aliphatic heterocycles. The number of amides is 1. The van der Waals surface area contributed by atoms with Crippen molar-refractivity contribution in [3.8, 4) is 17.2 Å². The number of methoxy groups -OCH3 is 3. The van der Waals surface area contributed by atoms with Crippen LogP contribution in [0.25, 0.3) is 5.57 Å². The number of allylic oxidation sites excluding steroid dienone is 1. The molecule has 2 aromatic carbocycles. The van der Waals surface area contributed by atoms with Crippen LogP contribution in [0.3, 0.4) is 0 Å². The first kappa shape index (κ1) is 17.8. The Kier molecular flexibility index (Phi) is 4.86. The minimum Gasteiger partial charge on any atom is -0.493 e. The number of rotatable bonds is 5. The van der Waals surface area contributed by atoms with Crippen LogP contribution in [0, 0.1) is 0 Å². The molecule has 0 spiro atoms. The summed E-state index contributed by atoms with van der Waals surface area (Å²) in [5.41, 5.74) is 1.64. The predicted molar refractivity (Wildman–Crippen MR) is 98.5 cm³/mol. The summed E-state index contributed by atoms with van der Waals surface area (Å²) in [5.74, 6) is 0.340. The molecular formula is C19H16ClNO5. The second kappa shape index (κ2) is 7.09. The first-order valence-corrected chi connectivity index (χ1v) is 8.04. The Hall–Kier alpha value is -2.99. The average Bonchev–Trinajstić information content (AvgIpc) is 2.97. The van der Waals surface area contributed by atoms with E-state index in [1.807, 2.05) is 0 Å². The van der Waals surface area contributed by atoms with Gasteiger partial charge < -0.3 is 19.5 Å². The van der Waals surface area contributed by atoms with Gasteiger partial charge in [-0.15, -0.1) is 0 Å². The number of halogens is 1. The number of carbonyl (C=O) groups excluding carboxylic acids is 2. The summed E-state index contributed by atoms with van der Waals surface area (Å²) in [5, 5.41) is 3.09. The minimum absolute atomic E-state index is 0.251. The van der Waals surface area contributed by atoms with Gasteiger partial charge >= 0.3 is 0 Å². The van der Waals surface area contributed by atoms with E-state index in [1.165, 1.54) is 39.5 Å². The van der Waals surface area contributed by atoms with Crippen LogP contribution in [-0.4, -0.2) is 33.0 Å². The zero-order valence-corrected chi connectivity index (χ0v) is 15.1. The molecule has 0 aromatic heterocycles. The zero-order valence-electron chi connectivity index (χ0n) is 14.4. The van der Waals surface area contributed by atoms with Gasteiger partial charge in [0.15, 0.2) is 17.3 Å². The number of fused-ring (bicyclic) bond motifs is 1. The Balaban J connectivity index is 2.05. The molecule has 0 fully saturated rings. The molecule has 6 nitrogen and oxygen atoms in total. The predicted octanol–water partition coefficient (Wildman–Crippen LogP) is 3.58. The van der Waals surface area contributed by atoms with Crippen molar-refractivity contribution >= 4 is 34.6 Å². The molecule has 1 aliphatic rings. The van der Waals surface area contributed by atoms with E-state index >= 15 is 0 Å². The van der Waals surface area contributed by atoms with Crippen LogP contribution in [0.4, 0.5) is 5.69 Å². The molecule has 7 heteroatoms. The van der Waals surface area contributed by atoms with Crippen molar-refractivity contribution in [1.82, 2.24) is 0 Å². The lowest BCUT2D eigenvalue weighted by atomic mass is 10.0. The maximum atomic E-state index is 12.7. The summed E-state index contributed by atoms with van der Waals surface area (Å²) in [7, 11) is 4.41. The van der Waals surface area contributed by atoms with Gasteiger partial charge in [0.1, 0.15) is 0 Å². The SMILES string of the molecule is COc1cc(C(=O)/C=C2\C(=O)Nc3c(Cl)cccc32)cc(OC)c1OC. The van der Waals surface area contributed by atoms with Crippen LogP contribution in [0.1, 0.15) is 15.9 Å². The summed E-state index contributed by atoms with van der Waals surface area (Å²) >= 11 is 6.09. The quantitative estimate of drug-likeness (QED) is 0.640. The van der Waals surface area contributed by atoms with Gasteiger partial charge in [0.05, 0.1) is 37.6 Å². The van der Waals surface area contributed by atoms with Gasteiger partial charge in [0.2, 0.25) is 5.75 Å². The number of hydrogen-bond acceptors (Lipinski definition) is 5. The van der Waals surface area contributed by atoms with Gasteiger partial charge in [-0.25, -0.2) is 0 Å². The highest BCUT2D eigenvalue weighted by atomic mass is 35.5. The van der Waals surface area contributed by atoms with Crippen molar-refractivity contribution < 1.29 is 23.8 Å². The Morgan fingerprint density at radius 3 is 2.31 bits per heavy atom. The second-order valence-corrected chi connectivity index (χ2v) is 5.86. The van der Waals surface area contributed by atoms with E-state index in [0.29, 0.717) is 39.1 Å². The molecule has 26 heavy (non-hydrogen) atoms. The molecule has 0 radical (unpaired) electrons. The van der Waals surface area contributed by atoms with Gasteiger partial charge in [0, 0.05) is 11.1 Å². The molecule has 0 saturated carbocycles. The van der Waals surface area contributed by atoms with E-state index in [4.69, 9.17) is 25.8 Å². The maximum Gasteiger partial charge on any atom is 0.256 e. The number of nitrogens with one attached hydrogen (secondary N) is 1. The van der Waals surface area contributed by atoms with Crippen LogP contribution in [0.5, 0.6) is 17.2 Å². The number of para-hydroxylation sites is 1. The van der Waals surface area contributed by atoms with E-state index in [9.17, 15) is 9.59 Å². The molecule has 1 heterocycles. The number of hydrogen-bond donors (Lipinski definition) is 1. The largest absolute Gasteiger partial charge is 0.493 e. The third-order valence-electron chi connectivity index (χ3n) is 4.01. The number of benzene rings is 2. The summed E-state index contributed by atoms with van der Waals surface area (Å²) in [6, 6.07) is 8.19. The molecule has 0 unspecified atom stereocenters. The lowest BCUT2D eigenvalue weighted by Crippen LogP contribution is -2.06. The van der Waals surface area contributed by atoms with Crippen LogP contribution >= 0.6 is 11.6 Å². The number of carbonyl (C=O) groups is 2. The molecule has 1 N–H and O–H groups in total. The fourth-order valence-corrected chi connectivity index (χ4v) is 2.98. The van der Waals surface area contributed by atoms with Gasteiger partial charge in [0.25, 0.3) is 5.91 Å². The van der Waals surface area contributed by atoms with Crippen molar-refractivity contribution in [2.45, 2.75) is 0 Å². The first-order chi connectivity index (χ1) is 12.5. The average molecular weight is 374 g/mol. The fourth-order valence-electron chi connectivity index (χ4n) is 2.76. The molecule has 134 valence electrons. The number of ketones is 1.